The Morgan fingerprint density at radius 3 is 2.53 bits per heavy atom. The SMILES string of the molecule is Cc1noc(-c2ccc(C(=O)N3CCCN(CCCc4ccccc4)CC3)cc2)n1. The van der Waals surface area contributed by atoms with Crippen molar-refractivity contribution in [1.82, 2.24) is 19.9 Å². The molecule has 3 aromatic rings. The number of aromatic nitrogens is 2. The molecule has 2 aromatic carbocycles. The second-order valence-electron chi connectivity index (χ2n) is 7.80. The zero-order chi connectivity index (χ0) is 20.8. The number of carbonyl (C=O) groups excluding carboxylic acids is 1. The molecule has 0 unspecified atom stereocenters. The van der Waals surface area contributed by atoms with Crippen LogP contribution < -0.4 is 0 Å². The van der Waals surface area contributed by atoms with E-state index in [-0.39, 0.29) is 5.91 Å². The van der Waals surface area contributed by atoms with Gasteiger partial charge in [-0.3, -0.25) is 4.79 Å². The van der Waals surface area contributed by atoms with E-state index in [1.54, 1.807) is 6.92 Å². The quantitative estimate of drug-likeness (QED) is 0.625. The van der Waals surface area contributed by atoms with Crippen LogP contribution in [0.1, 0.15) is 34.6 Å². The molecule has 4 rings (SSSR count). The molecule has 6 nitrogen and oxygen atoms in total. The highest BCUT2D eigenvalue weighted by molar-refractivity contribution is 5.94. The number of benzene rings is 2. The zero-order valence-corrected chi connectivity index (χ0v) is 17.5. The smallest absolute Gasteiger partial charge is 0.257 e. The highest BCUT2D eigenvalue weighted by Crippen LogP contribution is 2.19. The van der Waals surface area contributed by atoms with E-state index in [4.69, 9.17) is 4.52 Å². The van der Waals surface area contributed by atoms with Gasteiger partial charge in [-0.05, 0) is 69.1 Å². The van der Waals surface area contributed by atoms with Crippen LogP contribution in [0, 0.1) is 6.92 Å². The van der Waals surface area contributed by atoms with Gasteiger partial charge in [-0.25, -0.2) is 0 Å². The topological polar surface area (TPSA) is 62.5 Å². The van der Waals surface area contributed by atoms with Gasteiger partial charge in [0.05, 0.1) is 0 Å². The summed E-state index contributed by atoms with van der Waals surface area (Å²) in [4.78, 5) is 21.7. The van der Waals surface area contributed by atoms with Crippen molar-refractivity contribution >= 4 is 5.91 Å². The summed E-state index contributed by atoms with van der Waals surface area (Å²) in [5, 5.41) is 3.81. The molecule has 0 atom stereocenters. The number of hydrogen-bond donors (Lipinski definition) is 0. The van der Waals surface area contributed by atoms with Gasteiger partial charge in [-0.1, -0.05) is 35.5 Å². The van der Waals surface area contributed by atoms with Crippen LogP contribution >= 0.6 is 0 Å². The fourth-order valence-corrected chi connectivity index (χ4v) is 3.90. The molecule has 0 spiro atoms. The summed E-state index contributed by atoms with van der Waals surface area (Å²) >= 11 is 0. The zero-order valence-electron chi connectivity index (χ0n) is 17.5. The van der Waals surface area contributed by atoms with E-state index in [1.165, 1.54) is 5.56 Å². The van der Waals surface area contributed by atoms with Crippen molar-refractivity contribution < 1.29 is 9.32 Å². The Labute approximate surface area is 177 Å². The number of carbonyl (C=O) groups is 1. The van der Waals surface area contributed by atoms with Gasteiger partial charge in [0.15, 0.2) is 5.82 Å². The molecule has 1 amide bonds. The van der Waals surface area contributed by atoms with Crippen molar-refractivity contribution in [2.45, 2.75) is 26.2 Å². The number of nitrogens with zero attached hydrogens (tertiary/aromatic N) is 4. The predicted molar refractivity (Wildman–Crippen MR) is 116 cm³/mol. The molecule has 1 saturated heterocycles. The van der Waals surface area contributed by atoms with Crippen molar-refractivity contribution in [3.05, 3.63) is 71.5 Å². The van der Waals surface area contributed by atoms with Crippen molar-refractivity contribution in [2.75, 3.05) is 32.7 Å². The number of hydrogen-bond acceptors (Lipinski definition) is 5. The molecule has 2 heterocycles. The maximum Gasteiger partial charge on any atom is 0.257 e. The van der Waals surface area contributed by atoms with Crippen LogP contribution in [-0.4, -0.2) is 58.6 Å². The van der Waals surface area contributed by atoms with E-state index < -0.39 is 0 Å². The Kier molecular flexibility index (Phi) is 6.54. The first-order valence-electron chi connectivity index (χ1n) is 10.7. The lowest BCUT2D eigenvalue weighted by molar-refractivity contribution is 0.0761. The molecule has 0 aliphatic carbocycles. The van der Waals surface area contributed by atoms with E-state index >= 15 is 0 Å². The molecular weight excluding hydrogens is 376 g/mol. The van der Waals surface area contributed by atoms with Gasteiger partial charge in [0.25, 0.3) is 11.8 Å². The van der Waals surface area contributed by atoms with Crippen LogP contribution in [0.3, 0.4) is 0 Å². The van der Waals surface area contributed by atoms with E-state index in [0.717, 1.165) is 57.5 Å². The number of amides is 1. The van der Waals surface area contributed by atoms with Gasteiger partial charge in [0, 0.05) is 30.8 Å². The van der Waals surface area contributed by atoms with Gasteiger partial charge in [0.1, 0.15) is 0 Å². The molecule has 1 aliphatic heterocycles. The maximum absolute atomic E-state index is 13.0. The third-order valence-corrected chi connectivity index (χ3v) is 5.56. The third-order valence-electron chi connectivity index (χ3n) is 5.56. The van der Waals surface area contributed by atoms with Crippen molar-refractivity contribution in [1.29, 1.82) is 0 Å². The Hall–Kier alpha value is -2.99. The van der Waals surface area contributed by atoms with Crippen molar-refractivity contribution in [3.8, 4) is 11.5 Å². The fraction of sp³-hybridized carbons (Fsp3) is 0.375. The van der Waals surface area contributed by atoms with Gasteiger partial charge < -0.3 is 14.3 Å². The number of rotatable bonds is 6. The van der Waals surface area contributed by atoms with Gasteiger partial charge in [0.2, 0.25) is 0 Å². The monoisotopic (exact) mass is 404 g/mol. The first-order valence-corrected chi connectivity index (χ1v) is 10.7. The lowest BCUT2D eigenvalue weighted by atomic mass is 10.1. The molecule has 0 bridgehead atoms. The average Bonchev–Trinajstić information content (AvgIpc) is 3.08. The molecule has 0 radical (unpaired) electrons. The highest BCUT2D eigenvalue weighted by Gasteiger charge is 2.20. The van der Waals surface area contributed by atoms with Gasteiger partial charge in [-0.2, -0.15) is 4.98 Å². The molecule has 156 valence electrons. The highest BCUT2D eigenvalue weighted by atomic mass is 16.5. The summed E-state index contributed by atoms with van der Waals surface area (Å²) in [6, 6.07) is 18.1. The second-order valence-corrected chi connectivity index (χ2v) is 7.80. The van der Waals surface area contributed by atoms with Crippen LogP contribution in [0.5, 0.6) is 0 Å². The summed E-state index contributed by atoms with van der Waals surface area (Å²) in [6.07, 6.45) is 3.26. The van der Waals surface area contributed by atoms with Crippen LogP contribution in [-0.2, 0) is 6.42 Å². The summed E-state index contributed by atoms with van der Waals surface area (Å²) in [6.45, 7) is 6.42. The average molecular weight is 405 g/mol. The Morgan fingerprint density at radius 1 is 1.00 bits per heavy atom. The maximum atomic E-state index is 13.0. The normalized spacial score (nSPS) is 15.2. The summed E-state index contributed by atoms with van der Waals surface area (Å²) in [5.74, 6) is 1.17. The first kappa shape index (κ1) is 20.3. The Morgan fingerprint density at radius 2 is 1.80 bits per heavy atom. The van der Waals surface area contributed by atoms with Crippen LogP contribution in [0.4, 0.5) is 0 Å². The molecule has 1 aliphatic rings. The molecule has 6 heteroatoms. The standard InChI is InChI=1S/C24H28N4O2/c1-19-25-23(30-26-19)21-10-12-22(13-11-21)24(29)28-16-6-15-27(17-18-28)14-5-9-20-7-3-2-4-8-20/h2-4,7-8,10-13H,5-6,9,14-18H2,1H3. The summed E-state index contributed by atoms with van der Waals surface area (Å²) in [5.41, 5.74) is 2.92. The van der Waals surface area contributed by atoms with Gasteiger partial charge >= 0.3 is 0 Å². The molecule has 30 heavy (non-hydrogen) atoms. The summed E-state index contributed by atoms with van der Waals surface area (Å²) < 4.78 is 5.19. The van der Waals surface area contributed by atoms with Gasteiger partial charge in [-0.15, -0.1) is 0 Å². The Balaban J connectivity index is 1.28. The molecule has 0 N–H and O–H groups in total. The Bertz CT molecular complexity index is 953. The lowest BCUT2D eigenvalue weighted by Gasteiger charge is -2.22. The van der Waals surface area contributed by atoms with Crippen LogP contribution in [0.25, 0.3) is 11.5 Å². The van der Waals surface area contributed by atoms with E-state index in [9.17, 15) is 4.79 Å². The second kappa shape index (κ2) is 9.67. The van der Waals surface area contributed by atoms with Crippen molar-refractivity contribution in [2.24, 2.45) is 0 Å². The minimum atomic E-state index is 0.0920. The van der Waals surface area contributed by atoms with E-state index in [2.05, 4.69) is 45.4 Å². The van der Waals surface area contributed by atoms with E-state index in [0.29, 0.717) is 17.3 Å². The first-order chi connectivity index (χ1) is 14.7. The number of aryl methyl sites for hydroxylation is 2. The van der Waals surface area contributed by atoms with Crippen LogP contribution in [0.15, 0.2) is 59.1 Å². The third kappa shape index (κ3) is 5.13. The molecule has 1 aromatic heterocycles. The molecular formula is C24H28N4O2. The predicted octanol–water partition coefficient (Wildman–Crippen LogP) is 3.83. The lowest BCUT2D eigenvalue weighted by Crippen LogP contribution is -2.35. The molecule has 1 fully saturated rings. The fourth-order valence-electron chi connectivity index (χ4n) is 3.90. The van der Waals surface area contributed by atoms with Crippen LogP contribution in [0.2, 0.25) is 0 Å². The summed E-state index contributed by atoms with van der Waals surface area (Å²) in [7, 11) is 0. The minimum absolute atomic E-state index is 0.0920. The largest absolute Gasteiger partial charge is 0.337 e. The molecule has 0 saturated carbocycles. The minimum Gasteiger partial charge on any atom is -0.337 e. The van der Waals surface area contributed by atoms with E-state index in [1.807, 2.05) is 29.2 Å². The van der Waals surface area contributed by atoms with Crippen molar-refractivity contribution in [3.63, 3.8) is 0 Å².